The topological polar surface area (TPSA) is 108 Å². The van der Waals surface area contributed by atoms with Gasteiger partial charge in [-0.2, -0.15) is 0 Å². The highest BCUT2D eigenvalue weighted by molar-refractivity contribution is 6.06. The number of carbonyl (C=O) groups is 2. The van der Waals surface area contributed by atoms with Crippen molar-refractivity contribution in [2.24, 2.45) is 5.92 Å². The molecular formula is C26H25N5O4. The van der Waals surface area contributed by atoms with Crippen LogP contribution in [0.1, 0.15) is 47.2 Å². The number of rotatable bonds is 6. The van der Waals surface area contributed by atoms with Crippen LogP contribution in [-0.2, 0) is 9.47 Å². The predicted molar refractivity (Wildman–Crippen MR) is 129 cm³/mol. The monoisotopic (exact) mass is 471 g/mol. The number of anilines is 1. The molecule has 1 saturated heterocycles. The number of imidazole rings is 1. The normalized spacial score (nSPS) is 21.7. The van der Waals surface area contributed by atoms with Gasteiger partial charge in [-0.05, 0) is 30.7 Å². The summed E-state index contributed by atoms with van der Waals surface area (Å²) < 4.78 is 14.0. The molecule has 178 valence electrons. The highest BCUT2D eigenvalue weighted by Gasteiger charge is 2.45. The van der Waals surface area contributed by atoms with Crippen molar-refractivity contribution in [2.75, 3.05) is 5.32 Å². The standard InChI is InChI=1S/C26H25N5O4/c1-3-19-16(2)21(35-26(33)18-12-8-5-9-13-18)25(34-19)31-15-29-20-22(27-14-28-23(20)31)30-24(32)17-10-6-4-7-11-17/h4-16,19,21,25H,3H2,1-2H3,(H,27,28,30,32)/t16?,19-,21+,25-/m1/s1. The first-order valence-corrected chi connectivity index (χ1v) is 11.5. The maximum atomic E-state index is 12.9. The van der Waals surface area contributed by atoms with Crippen LogP contribution in [0.3, 0.4) is 0 Å². The Balaban J connectivity index is 1.45. The number of benzene rings is 2. The number of hydrogen-bond donors (Lipinski definition) is 1. The first-order chi connectivity index (χ1) is 17.1. The van der Waals surface area contributed by atoms with E-state index in [2.05, 4.69) is 20.3 Å². The van der Waals surface area contributed by atoms with E-state index in [1.54, 1.807) is 59.4 Å². The SMILES string of the molecule is CC[C@H]1O[C@@H](n2cnc3c(NC(=O)c4ccccc4)ncnc32)[C@@H](OC(=O)c2ccccc2)C1C. The van der Waals surface area contributed by atoms with E-state index in [9.17, 15) is 9.59 Å². The van der Waals surface area contributed by atoms with Gasteiger partial charge in [0.05, 0.1) is 18.0 Å². The number of nitrogens with one attached hydrogen (secondary N) is 1. The van der Waals surface area contributed by atoms with E-state index in [-0.39, 0.29) is 17.9 Å². The van der Waals surface area contributed by atoms with Crippen LogP contribution in [0.15, 0.2) is 73.3 Å². The Morgan fingerprint density at radius 1 is 1.00 bits per heavy atom. The summed E-state index contributed by atoms with van der Waals surface area (Å²) in [7, 11) is 0. The van der Waals surface area contributed by atoms with Gasteiger partial charge in [-0.15, -0.1) is 0 Å². The highest BCUT2D eigenvalue weighted by atomic mass is 16.6. The van der Waals surface area contributed by atoms with E-state index in [1.807, 2.05) is 26.0 Å². The van der Waals surface area contributed by atoms with Crippen LogP contribution >= 0.6 is 0 Å². The minimum absolute atomic E-state index is 0.0470. The van der Waals surface area contributed by atoms with E-state index in [1.165, 1.54) is 6.33 Å². The van der Waals surface area contributed by atoms with Gasteiger partial charge in [0.25, 0.3) is 5.91 Å². The van der Waals surface area contributed by atoms with E-state index < -0.39 is 18.3 Å². The molecule has 1 N–H and O–H groups in total. The van der Waals surface area contributed by atoms with Crippen LogP contribution in [0.4, 0.5) is 5.82 Å². The quantitative estimate of drug-likeness (QED) is 0.419. The molecule has 2 aromatic heterocycles. The third kappa shape index (κ3) is 4.38. The summed E-state index contributed by atoms with van der Waals surface area (Å²) in [5, 5.41) is 2.81. The second-order valence-electron chi connectivity index (χ2n) is 8.43. The summed E-state index contributed by atoms with van der Waals surface area (Å²) in [6.45, 7) is 4.04. The Hall–Kier alpha value is -4.11. The summed E-state index contributed by atoms with van der Waals surface area (Å²) in [6.07, 6.45) is 2.42. The Kier molecular flexibility index (Phi) is 6.24. The summed E-state index contributed by atoms with van der Waals surface area (Å²) in [6, 6.07) is 17.7. The number of ether oxygens (including phenoxy) is 2. The smallest absolute Gasteiger partial charge is 0.338 e. The molecule has 0 aliphatic carbocycles. The molecule has 35 heavy (non-hydrogen) atoms. The van der Waals surface area contributed by atoms with Gasteiger partial charge in [-0.3, -0.25) is 9.36 Å². The molecule has 2 aromatic carbocycles. The number of amides is 1. The Labute approximate surface area is 202 Å². The molecule has 9 heteroatoms. The van der Waals surface area contributed by atoms with Gasteiger partial charge >= 0.3 is 5.97 Å². The zero-order chi connectivity index (χ0) is 24.4. The van der Waals surface area contributed by atoms with Crippen molar-refractivity contribution in [1.29, 1.82) is 0 Å². The van der Waals surface area contributed by atoms with Gasteiger partial charge in [0.15, 0.2) is 29.3 Å². The van der Waals surface area contributed by atoms with Crippen molar-refractivity contribution in [1.82, 2.24) is 19.5 Å². The molecule has 4 atom stereocenters. The Bertz CT molecular complexity index is 1340. The second-order valence-corrected chi connectivity index (χ2v) is 8.43. The molecule has 0 bridgehead atoms. The Morgan fingerprint density at radius 3 is 2.37 bits per heavy atom. The van der Waals surface area contributed by atoms with Gasteiger partial charge in [0, 0.05) is 11.5 Å². The Morgan fingerprint density at radius 2 is 1.69 bits per heavy atom. The molecule has 1 amide bonds. The van der Waals surface area contributed by atoms with E-state index in [4.69, 9.17) is 9.47 Å². The molecule has 9 nitrogen and oxygen atoms in total. The zero-order valence-corrected chi connectivity index (χ0v) is 19.4. The van der Waals surface area contributed by atoms with Crippen molar-refractivity contribution < 1.29 is 19.1 Å². The lowest BCUT2D eigenvalue weighted by Crippen LogP contribution is -2.30. The fraction of sp³-hybridized carbons (Fsp3) is 0.269. The first-order valence-electron chi connectivity index (χ1n) is 11.5. The number of fused-ring (bicyclic) bond motifs is 1. The average Bonchev–Trinajstić information content (AvgIpc) is 3.46. The lowest BCUT2D eigenvalue weighted by molar-refractivity contribution is -0.0469. The first kappa shape index (κ1) is 22.7. The summed E-state index contributed by atoms with van der Waals surface area (Å²) in [5.74, 6) is -0.470. The van der Waals surface area contributed by atoms with Crippen LogP contribution < -0.4 is 5.32 Å². The number of carbonyl (C=O) groups excluding carboxylic acids is 2. The minimum atomic E-state index is -0.625. The lowest BCUT2D eigenvalue weighted by Gasteiger charge is -2.22. The third-order valence-corrected chi connectivity index (χ3v) is 6.26. The minimum Gasteiger partial charge on any atom is -0.454 e. The fourth-order valence-electron chi connectivity index (χ4n) is 4.37. The molecule has 4 aromatic rings. The van der Waals surface area contributed by atoms with E-state index in [0.717, 1.165) is 6.42 Å². The fourth-order valence-corrected chi connectivity index (χ4v) is 4.37. The highest BCUT2D eigenvalue weighted by Crippen LogP contribution is 2.39. The van der Waals surface area contributed by atoms with Gasteiger partial charge in [-0.25, -0.2) is 19.7 Å². The second kappa shape index (κ2) is 9.63. The van der Waals surface area contributed by atoms with Crippen LogP contribution in [0.25, 0.3) is 11.2 Å². The van der Waals surface area contributed by atoms with E-state index in [0.29, 0.717) is 28.1 Å². The number of hydrogen-bond acceptors (Lipinski definition) is 7. The van der Waals surface area contributed by atoms with Crippen LogP contribution in [0.2, 0.25) is 0 Å². The van der Waals surface area contributed by atoms with Crippen molar-refractivity contribution in [3.05, 3.63) is 84.4 Å². The molecular weight excluding hydrogens is 446 g/mol. The zero-order valence-electron chi connectivity index (χ0n) is 19.4. The predicted octanol–water partition coefficient (Wildman–Crippen LogP) is 4.25. The van der Waals surface area contributed by atoms with Crippen LogP contribution in [-0.4, -0.2) is 43.6 Å². The van der Waals surface area contributed by atoms with Crippen molar-refractivity contribution in [3.8, 4) is 0 Å². The molecule has 0 radical (unpaired) electrons. The largest absolute Gasteiger partial charge is 0.454 e. The molecule has 1 fully saturated rings. The van der Waals surface area contributed by atoms with Gasteiger partial charge in [0.2, 0.25) is 0 Å². The van der Waals surface area contributed by atoms with Crippen molar-refractivity contribution >= 4 is 28.9 Å². The lowest BCUT2D eigenvalue weighted by atomic mass is 9.98. The molecule has 1 unspecified atom stereocenters. The van der Waals surface area contributed by atoms with Gasteiger partial charge < -0.3 is 14.8 Å². The van der Waals surface area contributed by atoms with Gasteiger partial charge in [0.1, 0.15) is 6.33 Å². The maximum Gasteiger partial charge on any atom is 0.338 e. The van der Waals surface area contributed by atoms with Crippen molar-refractivity contribution in [3.63, 3.8) is 0 Å². The molecule has 5 rings (SSSR count). The molecule has 0 saturated carbocycles. The van der Waals surface area contributed by atoms with Crippen molar-refractivity contribution in [2.45, 2.75) is 38.7 Å². The summed E-state index contributed by atoms with van der Waals surface area (Å²) in [4.78, 5) is 38.6. The number of aromatic nitrogens is 4. The van der Waals surface area contributed by atoms with Crippen LogP contribution in [0, 0.1) is 5.92 Å². The maximum absolute atomic E-state index is 12.9. The number of nitrogens with zero attached hydrogens (tertiary/aromatic N) is 4. The average molecular weight is 472 g/mol. The molecule has 0 spiro atoms. The van der Waals surface area contributed by atoms with Gasteiger partial charge in [-0.1, -0.05) is 50.2 Å². The molecule has 1 aliphatic rings. The third-order valence-electron chi connectivity index (χ3n) is 6.26. The molecule has 3 heterocycles. The summed E-state index contributed by atoms with van der Waals surface area (Å²) >= 11 is 0. The van der Waals surface area contributed by atoms with Crippen LogP contribution in [0.5, 0.6) is 0 Å². The summed E-state index contributed by atoms with van der Waals surface area (Å²) in [5.41, 5.74) is 1.87. The van der Waals surface area contributed by atoms with E-state index >= 15 is 0 Å². The number of esters is 1. The molecule has 1 aliphatic heterocycles.